The molecule has 1 aliphatic carbocycles. The quantitative estimate of drug-likeness (QED) is 0.727. The fourth-order valence-electron chi connectivity index (χ4n) is 3.36. The van der Waals surface area contributed by atoms with Crippen LogP contribution in [0.5, 0.6) is 0 Å². The summed E-state index contributed by atoms with van der Waals surface area (Å²) in [5.41, 5.74) is 4.71. The molecule has 2 aliphatic rings. The maximum absolute atomic E-state index is 3.69. The number of hydrogen-bond donors (Lipinski definition) is 1. The molecular weight excluding hydrogens is 218 g/mol. The van der Waals surface area contributed by atoms with Crippen LogP contribution in [0.2, 0.25) is 0 Å². The number of benzene rings is 1. The van der Waals surface area contributed by atoms with Crippen LogP contribution in [-0.4, -0.2) is 5.54 Å². The summed E-state index contributed by atoms with van der Waals surface area (Å²) in [6, 6.07) is 8.88. The summed E-state index contributed by atoms with van der Waals surface area (Å²) in [7, 11) is 0. The fraction of sp³-hybridized carbons (Fsp3) is 0.412. The zero-order valence-corrected chi connectivity index (χ0v) is 11.5. The highest BCUT2D eigenvalue weighted by Crippen LogP contribution is 2.58. The second-order valence-electron chi connectivity index (χ2n) is 6.11. The number of fused-ring (bicyclic) bond motifs is 3. The number of hydrogen-bond acceptors (Lipinski definition) is 1. The Morgan fingerprint density at radius 3 is 2.78 bits per heavy atom. The molecule has 0 radical (unpaired) electrons. The summed E-state index contributed by atoms with van der Waals surface area (Å²) in [5, 5.41) is 3.69. The molecule has 1 saturated carbocycles. The third-order valence-electron chi connectivity index (χ3n) is 4.70. The third kappa shape index (κ3) is 1.61. The molecular formula is C17H21N. The van der Waals surface area contributed by atoms with E-state index in [9.17, 15) is 0 Å². The van der Waals surface area contributed by atoms with Crippen LogP contribution < -0.4 is 5.32 Å². The SMILES string of the molecule is C/C1=C/C=C\Cc2ccccc2C2(C)CC2(C)N1. The van der Waals surface area contributed by atoms with E-state index in [4.69, 9.17) is 0 Å². The molecule has 1 aliphatic heterocycles. The van der Waals surface area contributed by atoms with Crippen molar-refractivity contribution in [3.8, 4) is 0 Å². The van der Waals surface area contributed by atoms with Crippen molar-refractivity contribution in [2.24, 2.45) is 0 Å². The van der Waals surface area contributed by atoms with Gasteiger partial charge in [0, 0.05) is 16.7 Å². The Balaban J connectivity index is 2.10. The Labute approximate surface area is 110 Å². The van der Waals surface area contributed by atoms with E-state index in [1.165, 1.54) is 23.2 Å². The van der Waals surface area contributed by atoms with E-state index in [1.807, 2.05) is 0 Å². The molecule has 18 heavy (non-hydrogen) atoms. The van der Waals surface area contributed by atoms with Crippen LogP contribution in [0.1, 0.15) is 38.3 Å². The molecule has 3 rings (SSSR count). The van der Waals surface area contributed by atoms with Crippen LogP contribution in [0.3, 0.4) is 0 Å². The van der Waals surface area contributed by atoms with Gasteiger partial charge in [-0.25, -0.2) is 0 Å². The van der Waals surface area contributed by atoms with Crippen LogP contribution in [0.15, 0.2) is 48.2 Å². The van der Waals surface area contributed by atoms with Crippen LogP contribution in [0, 0.1) is 0 Å². The number of rotatable bonds is 0. The van der Waals surface area contributed by atoms with Gasteiger partial charge in [-0.05, 0) is 43.9 Å². The molecule has 1 nitrogen and oxygen atoms in total. The van der Waals surface area contributed by atoms with E-state index in [2.05, 4.69) is 68.6 Å². The topological polar surface area (TPSA) is 12.0 Å². The summed E-state index contributed by atoms with van der Waals surface area (Å²) in [4.78, 5) is 0. The fourth-order valence-corrected chi connectivity index (χ4v) is 3.36. The van der Waals surface area contributed by atoms with Crippen molar-refractivity contribution in [3.05, 3.63) is 59.3 Å². The minimum Gasteiger partial charge on any atom is -0.382 e. The van der Waals surface area contributed by atoms with Crippen LogP contribution in [0.25, 0.3) is 0 Å². The van der Waals surface area contributed by atoms with Gasteiger partial charge in [0.15, 0.2) is 0 Å². The van der Waals surface area contributed by atoms with E-state index in [0.717, 1.165) is 6.42 Å². The minimum atomic E-state index is 0.203. The molecule has 0 aromatic heterocycles. The smallest absolute Gasteiger partial charge is 0.0446 e. The molecule has 1 heterocycles. The zero-order chi connectivity index (χ0) is 12.8. The molecule has 1 N–H and O–H groups in total. The van der Waals surface area contributed by atoms with E-state index in [0.29, 0.717) is 0 Å². The molecule has 1 aromatic carbocycles. The van der Waals surface area contributed by atoms with Crippen molar-refractivity contribution in [2.45, 2.75) is 44.6 Å². The normalized spacial score (nSPS) is 38.5. The molecule has 0 spiro atoms. The molecule has 0 saturated heterocycles. The van der Waals surface area contributed by atoms with Gasteiger partial charge in [0.1, 0.15) is 0 Å². The summed E-state index contributed by atoms with van der Waals surface area (Å²) < 4.78 is 0. The molecule has 1 fully saturated rings. The Bertz CT molecular complexity index is 540. The minimum absolute atomic E-state index is 0.203. The highest BCUT2D eigenvalue weighted by Gasteiger charge is 2.62. The van der Waals surface area contributed by atoms with E-state index >= 15 is 0 Å². The third-order valence-corrected chi connectivity index (χ3v) is 4.70. The maximum Gasteiger partial charge on any atom is 0.0446 e. The first-order valence-electron chi connectivity index (χ1n) is 6.75. The highest BCUT2D eigenvalue weighted by atomic mass is 15.1. The average Bonchev–Trinajstić information content (AvgIpc) is 2.88. The van der Waals surface area contributed by atoms with Gasteiger partial charge in [0.2, 0.25) is 0 Å². The van der Waals surface area contributed by atoms with Crippen molar-refractivity contribution < 1.29 is 0 Å². The largest absolute Gasteiger partial charge is 0.382 e. The highest BCUT2D eigenvalue weighted by molar-refractivity contribution is 5.46. The Morgan fingerprint density at radius 2 is 1.94 bits per heavy atom. The summed E-state index contributed by atoms with van der Waals surface area (Å²) in [5.74, 6) is 0. The van der Waals surface area contributed by atoms with Gasteiger partial charge < -0.3 is 5.32 Å². The van der Waals surface area contributed by atoms with Gasteiger partial charge in [-0.3, -0.25) is 0 Å². The van der Waals surface area contributed by atoms with E-state index in [-0.39, 0.29) is 11.0 Å². The lowest BCUT2D eigenvalue weighted by Crippen LogP contribution is -2.34. The number of allylic oxidation sites excluding steroid dienone is 4. The predicted octanol–water partition coefficient (Wildman–Crippen LogP) is 3.71. The number of nitrogens with one attached hydrogen (secondary N) is 1. The summed E-state index contributed by atoms with van der Waals surface area (Å²) >= 11 is 0. The van der Waals surface area contributed by atoms with Crippen LogP contribution in [-0.2, 0) is 11.8 Å². The molecule has 1 heteroatoms. The van der Waals surface area contributed by atoms with Gasteiger partial charge in [-0.1, -0.05) is 43.3 Å². The van der Waals surface area contributed by atoms with Gasteiger partial charge in [0.25, 0.3) is 0 Å². The molecule has 0 amide bonds. The predicted molar refractivity (Wildman–Crippen MR) is 76.6 cm³/mol. The van der Waals surface area contributed by atoms with Gasteiger partial charge in [0.05, 0.1) is 0 Å². The standard InChI is InChI=1S/C17H21N/c1-13-8-4-5-9-14-10-6-7-11-15(14)16(2)12-17(16,3)18-13/h4-8,10-11,18H,9,12H2,1-3H3/b5-4-,13-8-. The van der Waals surface area contributed by atoms with Crippen molar-refractivity contribution in [1.82, 2.24) is 5.32 Å². The molecule has 2 unspecified atom stereocenters. The van der Waals surface area contributed by atoms with Crippen molar-refractivity contribution in [2.75, 3.05) is 0 Å². The van der Waals surface area contributed by atoms with Crippen molar-refractivity contribution >= 4 is 0 Å². The lowest BCUT2D eigenvalue weighted by Gasteiger charge is -2.24. The average molecular weight is 239 g/mol. The van der Waals surface area contributed by atoms with E-state index in [1.54, 1.807) is 0 Å². The first-order valence-corrected chi connectivity index (χ1v) is 6.75. The van der Waals surface area contributed by atoms with Crippen molar-refractivity contribution in [3.63, 3.8) is 0 Å². The van der Waals surface area contributed by atoms with Gasteiger partial charge >= 0.3 is 0 Å². The zero-order valence-electron chi connectivity index (χ0n) is 11.5. The molecule has 1 aromatic rings. The Hall–Kier alpha value is -1.50. The molecule has 2 atom stereocenters. The Kier molecular flexibility index (Phi) is 2.41. The van der Waals surface area contributed by atoms with E-state index < -0.39 is 0 Å². The second-order valence-corrected chi connectivity index (χ2v) is 6.11. The van der Waals surface area contributed by atoms with Gasteiger partial charge in [-0.15, -0.1) is 0 Å². The van der Waals surface area contributed by atoms with Crippen LogP contribution >= 0.6 is 0 Å². The molecule has 94 valence electrons. The molecule has 0 bridgehead atoms. The first-order chi connectivity index (χ1) is 8.55. The summed E-state index contributed by atoms with van der Waals surface area (Å²) in [6.45, 7) is 6.88. The Morgan fingerprint density at radius 1 is 1.17 bits per heavy atom. The van der Waals surface area contributed by atoms with Crippen molar-refractivity contribution in [1.29, 1.82) is 0 Å². The monoisotopic (exact) mass is 239 g/mol. The lowest BCUT2D eigenvalue weighted by molar-refractivity contribution is 0.518. The first kappa shape index (κ1) is 11.6. The summed E-state index contributed by atoms with van der Waals surface area (Å²) in [6.07, 6.45) is 8.83. The van der Waals surface area contributed by atoms with Crippen LogP contribution in [0.4, 0.5) is 0 Å². The second kappa shape index (κ2) is 3.74. The lowest BCUT2D eigenvalue weighted by atomic mass is 9.87. The van der Waals surface area contributed by atoms with Gasteiger partial charge in [-0.2, -0.15) is 0 Å². The maximum atomic E-state index is 3.69.